The van der Waals surface area contributed by atoms with Gasteiger partial charge in [-0.15, -0.1) is 0 Å². The Morgan fingerprint density at radius 3 is 0.820 bits per heavy atom. The Hall–Kier alpha value is -1.85. The van der Waals surface area contributed by atoms with Crippen molar-refractivity contribution in [1.29, 1.82) is 0 Å². The summed E-state index contributed by atoms with van der Waals surface area (Å²) in [5.41, 5.74) is 0. The van der Waals surface area contributed by atoms with E-state index in [1.54, 1.807) is 0 Å². The summed E-state index contributed by atoms with van der Waals surface area (Å²) in [5.74, 6) is -0.856. The van der Waals surface area contributed by atoms with Crippen molar-refractivity contribution in [2.75, 3.05) is 13.2 Å². The Bertz CT molecular complexity index is 947. The van der Waals surface area contributed by atoms with Crippen LogP contribution < -0.4 is 0 Å². The van der Waals surface area contributed by atoms with Crippen molar-refractivity contribution in [2.45, 2.75) is 309 Å². The van der Waals surface area contributed by atoms with Gasteiger partial charge in [0, 0.05) is 19.3 Å². The molecule has 0 aliphatic carbocycles. The highest BCUT2D eigenvalue weighted by atomic mass is 16.6. The van der Waals surface area contributed by atoms with Crippen LogP contribution in [0.5, 0.6) is 0 Å². The van der Waals surface area contributed by atoms with E-state index in [2.05, 4.69) is 32.9 Å². The number of allylic oxidation sites excluding steroid dienone is 2. The van der Waals surface area contributed by atoms with E-state index in [-0.39, 0.29) is 31.1 Å². The Balaban J connectivity index is 4.33. The van der Waals surface area contributed by atoms with Crippen LogP contribution in [0.1, 0.15) is 303 Å². The standard InChI is InChI=1S/C55H104O6/c1-4-7-10-13-16-19-22-25-27-30-33-36-39-42-45-48-54(57)60-51-52(50-59-53(56)47-44-41-38-35-32-29-24-21-18-15-12-9-6-3)61-55(58)49-46-43-40-37-34-31-28-26-23-20-17-14-11-8-5-2/h26,28,52H,4-25,27,29-51H2,1-3H3/b28-26-/t52-/m1/s1. The normalized spacial score (nSPS) is 12.0. The number of hydrogen-bond donors (Lipinski definition) is 0. The van der Waals surface area contributed by atoms with Crippen LogP contribution in [0.15, 0.2) is 12.2 Å². The summed E-state index contributed by atoms with van der Waals surface area (Å²) < 4.78 is 16.8. The van der Waals surface area contributed by atoms with Crippen molar-refractivity contribution in [1.82, 2.24) is 0 Å². The highest BCUT2D eigenvalue weighted by Gasteiger charge is 2.19. The molecule has 0 aliphatic rings. The molecule has 6 heteroatoms. The first-order valence-electron chi connectivity index (χ1n) is 27.2. The molecule has 0 radical (unpaired) electrons. The molecule has 0 unspecified atom stereocenters. The van der Waals surface area contributed by atoms with Crippen LogP contribution in [-0.2, 0) is 28.6 Å². The third-order valence-electron chi connectivity index (χ3n) is 12.3. The summed E-state index contributed by atoms with van der Waals surface area (Å²) in [6.45, 7) is 6.67. The summed E-state index contributed by atoms with van der Waals surface area (Å²) >= 11 is 0. The predicted molar refractivity (Wildman–Crippen MR) is 261 cm³/mol. The molecule has 0 aliphatic heterocycles. The second kappa shape index (κ2) is 50.8. The SMILES string of the molecule is CCCCCCCC/C=C\CCCCCCCC(=O)O[C@H](COC(=O)CCCCCCCCCCCCCCC)COC(=O)CCCCCCCCCCCCCCCCC. The maximum Gasteiger partial charge on any atom is 0.306 e. The fourth-order valence-electron chi connectivity index (χ4n) is 8.14. The van der Waals surface area contributed by atoms with E-state index in [0.717, 1.165) is 64.2 Å². The molecular formula is C55H104O6. The van der Waals surface area contributed by atoms with Gasteiger partial charge in [0.15, 0.2) is 6.10 Å². The minimum absolute atomic E-state index is 0.0677. The molecule has 360 valence electrons. The Kier molecular flexibility index (Phi) is 49.3. The van der Waals surface area contributed by atoms with Gasteiger partial charge in [-0.25, -0.2) is 0 Å². The molecule has 0 aromatic carbocycles. The largest absolute Gasteiger partial charge is 0.462 e. The third-order valence-corrected chi connectivity index (χ3v) is 12.3. The van der Waals surface area contributed by atoms with E-state index >= 15 is 0 Å². The van der Waals surface area contributed by atoms with Gasteiger partial charge in [-0.3, -0.25) is 14.4 Å². The first kappa shape index (κ1) is 59.1. The summed E-state index contributed by atoms with van der Waals surface area (Å²) in [5, 5.41) is 0. The minimum atomic E-state index is -0.767. The van der Waals surface area contributed by atoms with Crippen LogP contribution in [-0.4, -0.2) is 37.2 Å². The third kappa shape index (κ3) is 49.0. The molecule has 61 heavy (non-hydrogen) atoms. The summed E-state index contributed by atoms with van der Waals surface area (Å²) in [6.07, 6.45) is 56.2. The predicted octanol–water partition coefficient (Wildman–Crippen LogP) is 17.8. The van der Waals surface area contributed by atoms with Gasteiger partial charge >= 0.3 is 17.9 Å². The van der Waals surface area contributed by atoms with Gasteiger partial charge in [-0.05, 0) is 44.9 Å². The molecule has 0 saturated heterocycles. The van der Waals surface area contributed by atoms with E-state index < -0.39 is 6.10 Å². The monoisotopic (exact) mass is 861 g/mol. The second-order valence-electron chi connectivity index (χ2n) is 18.5. The van der Waals surface area contributed by atoms with E-state index in [1.807, 2.05) is 0 Å². The van der Waals surface area contributed by atoms with Gasteiger partial charge in [0.25, 0.3) is 0 Å². The lowest BCUT2D eigenvalue weighted by atomic mass is 10.0. The van der Waals surface area contributed by atoms with Gasteiger partial charge in [0.05, 0.1) is 0 Å². The number of ether oxygens (including phenoxy) is 3. The summed E-state index contributed by atoms with van der Waals surface area (Å²) in [7, 11) is 0. The Labute approximate surface area is 380 Å². The number of carbonyl (C=O) groups is 3. The molecule has 0 saturated carbocycles. The van der Waals surface area contributed by atoms with Gasteiger partial charge in [0.1, 0.15) is 13.2 Å². The van der Waals surface area contributed by atoms with Crippen molar-refractivity contribution in [3.05, 3.63) is 12.2 Å². The number of hydrogen-bond acceptors (Lipinski definition) is 6. The first-order valence-corrected chi connectivity index (χ1v) is 27.2. The van der Waals surface area contributed by atoms with Gasteiger partial charge in [0.2, 0.25) is 0 Å². The molecule has 0 aromatic heterocycles. The lowest BCUT2D eigenvalue weighted by molar-refractivity contribution is -0.167. The molecule has 0 amide bonds. The van der Waals surface area contributed by atoms with Crippen LogP contribution in [0.4, 0.5) is 0 Å². The topological polar surface area (TPSA) is 78.9 Å². The van der Waals surface area contributed by atoms with Gasteiger partial charge < -0.3 is 14.2 Å². The molecule has 0 bridgehead atoms. The lowest BCUT2D eigenvalue weighted by Gasteiger charge is -2.18. The quantitative estimate of drug-likeness (QED) is 0.0262. The molecule has 0 fully saturated rings. The molecule has 0 spiro atoms. The van der Waals surface area contributed by atoms with Crippen molar-refractivity contribution < 1.29 is 28.6 Å². The maximum absolute atomic E-state index is 12.8. The first-order chi connectivity index (χ1) is 30.0. The molecule has 0 aromatic rings. The van der Waals surface area contributed by atoms with Crippen LogP contribution in [0, 0.1) is 0 Å². The van der Waals surface area contributed by atoms with Crippen LogP contribution >= 0.6 is 0 Å². The highest BCUT2D eigenvalue weighted by molar-refractivity contribution is 5.71. The lowest BCUT2D eigenvalue weighted by Crippen LogP contribution is -2.30. The fraction of sp³-hybridized carbons (Fsp3) is 0.909. The molecular weight excluding hydrogens is 757 g/mol. The fourth-order valence-corrected chi connectivity index (χ4v) is 8.14. The summed E-state index contributed by atoms with van der Waals surface area (Å²) in [6, 6.07) is 0. The second-order valence-corrected chi connectivity index (χ2v) is 18.5. The number of unbranched alkanes of at least 4 members (excludes halogenated alkanes) is 37. The average molecular weight is 861 g/mol. The van der Waals surface area contributed by atoms with E-state index in [4.69, 9.17) is 14.2 Å². The van der Waals surface area contributed by atoms with Crippen molar-refractivity contribution in [3.63, 3.8) is 0 Å². The van der Waals surface area contributed by atoms with Crippen molar-refractivity contribution in [2.24, 2.45) is 0 Å². The molecule has 6 nitrogen and oxygen atoms in total. The van der Waals surface area contributed by atoms with Crippen molar-refractivity contribution >= 4 is 17.9 Å². The zero-order chi connectivity index (χ0) is 44.4. The highest BCUT2D eigenvalue weighted by Crippen LogP contribution is 2.16. The average Bonchev–Trinajstić information content (AvgIpc) is 3.26. The zero-order valence-electron chi connectivity index (χ0n) is 41.2. The van der Waals surface area contributed by atoms with Gasteiger partial charge in [-0.2, -0.15) is 0 Å². The number of esters is 3. The number of carbonyl (C=O) groups excluding carboxylic acids is 3. The number of rotatable bonds is 50. The van der Waals surface area contributed by atoms with Crippen molar-refractivity contribution in [3.8, 4) is 0 Å². The molecule has 0 heterocycles. The Morgan fingerprint density at radius 2 is 0.541 bits per heavy atom. The molecule has 0 rings (SSSR count). The van der Waals surface area contributed by atoms with Crippen LogP contribution in [0.25, 0.3) is 0 Å². The summed E-state index contributed by atoms with van der Waals surface area (Å²) in [4.78, 5) is 38.0. The van der Waals surface area contributed by atoms with E-state index in [0.29, 0.717) is 19.3 Å². The van der Waals surface area contributed by atoms with Gasteiger partial charge in [-0.1, -0.05) is 251 Å². The molecule has 0 N–H and O–H groups in total. The smallest absolute Gasteiger partial charge is 0.306 e. The van der Waals surface area contributed by atoms with Crippen LogP contribution in [0.3, 0.4) is 0 Å². The van der Waals surface area contributed by atoms with E-state index in [9.17, 15) is 14.4 Å². The maximum atomic E-state index is 12.8. The molecule has 1 atom stereocenters. The minimum Gasteiger partial charge on any atom is -0.462 e. The Morgan fingerprint density at radius 1 is 0.311 bits per heavy atom. The van der Waals surface area contributed by atoms with E-state index in [1.165, 1.54) is 199 Å². The zero-order valence-corrected chi connectivity index (χ0v) is 41.2. The van der Waals surface area contributed by atoms with Crippen LogP contribution in [0.2, 0.25) is 0 Å².